The van der Waals surface area contributed by atoms with Crippen LogP contribution in [0.25, 0.3) is 0 Å². The summed E-state index contributed by atoms with van der Waals surface area (Å²) in [4.78, 5) is -0.403. The maximum atomic E-state index is 13.3. The molecule has 1 atom stereocenters. The highest BCUT2D eigenvalue weighted by atomic mass is 79.9. The Balaban J connectivity index is 2.47. The Kier molecular flexibility index (Phi) is 5.06. The minimum absolute atomic E-state index is 0.403. The number of hydrogen-bond acceptors (Lipinski definition) is 2. The second-order valence-corrected chi connectivity index (χ2v) is 5.59. The summed E-state index contributed by atoms with van der Waals surface area (Å²) in [6, 6.07) is 7.01. The van der Waals surface area contributed by atoms with Crippen molar-refractivity contribution in [3.8, 4) is 11.5 Å². The van der Waals surface area contributed by atoms with Gasteiger partial charge in [0.1, 0.15) is 0 Å². The molecule has 0 aliphatic heterocycles. The first-order valence-electron chi connectivity index (χ1n) is 5.98. The van der Waals surface area contributed by atoms with E-state index in [0.717, 1.165) is 12.1 Å². The van der Waals surface area contributed by atoms with Crippen LogP contribution in [-0.4, -0.2) is 14.2 Å². The zero-order valence-corrected chi connectivity index (χ0v) is 13.6. The van der Waals surface area contributed by atoms with Crippen molar-refractivity contribution in [1.82, 2.24) is 0 Å². The third kappa shape index (κ3) is 3.30. The van der Waals surface area contributed by atoms with Crippen LogP contribution in [0.15, 0.2) is 30.3 Å². The Morgan fingerprint density at radius 3 is 2.19 bits per heavy atom. The zero-order chi connectivity index (χ0) is 15.6. The summed E-state index contributed by atoms with van der Waals surface area (Å²) in [5.41, 5.74) is 1.21. The molecule has 0 fully saturated rings. The van der Waals surface area contributed by atoms with E-state index in [-0.39, 0.29) is 0 Å². The molecule has 0 amide bonds. The van der Waals surface area contributed by atoms with Gasteiger partial charge in [-0.1, -0.05) is 33.6 Å². The second kappa shape index (κ2) is 6.62. The average molecular weight is 378 g/mol. The highest BCUT2D eigenvalue weighted by Gasteiger charge is 2.19. The topological polar surface area (TPSA) is 18.5 Å². The van der Waals surface area contributed by atoms with Crippen LogP contribution in [-0.2, 0) is 0 Å². The van der Waals surface area contributed by atoms with Crippen molar-refractivity contribution in [2.45, 2.75) is 4.83 Å². The van der Waals surface area contributed by atoms with Crippen LogP contribution >= 0.6 is 27.5 Å². The summed E-state index contributed by atoms with van der Waals surface area (Å²) in [6.45, 7) is 0. The molecule has 0 aliphatic carbocycles. The normalized spacial score (nSPS) is 12.1. The van der Waals surface area contributed by atoms with Crippen LogP contribution in [0.2, 0.25) is 5.02 Å². The molecular weight excluding hydrogens is 366 g/mol. The minimum Gasteiger partial charge on any atom is -0.493 e. The molecule has 0 aliphatic rings. The monoisotopic (exact) mass is 376 g/mol. The Labute approximate surface area is 134 Å². The first-order valence-corrected chi connectivity index (χ1v) is 7.27. The lowest BCUT2D eigenvalue weighted by atomic mass is 10.0. The first kappa shape index (κ1) is 16.0. The molecule has 0 saturated carbocycles. The van der Waals surface area contributed by atoms with Gasteiger partial charge in [0.25, 0.3) is 0 Å². The molecule has 2 aromatic rings. The Bertz CT molecular complexity index is 664. The first-order chi connectivity index (χ1) is 9.97. The van der Waals surface area contributed by atoms with Crippen LogP contribution in [0.3, 0.4) is 0 Å². The Hall–Kier alpha value is -1.33. The molecular formula is C15H12BrClF2O2. The fourth-order valence-corrected chi connectivity index (χ4v) is 2.97. The second-order valence-electron chi connectivity index (χ2n) is 4.26. The summed E-state index contributed by atoms with van der Waals surface area (Å²) in [7, 11) is 3.02. The van der Waals surface area contributed by atoms with E-state index >= 15 is 0 Å². The van der Waals surface area contributed by atoms with Crippen molar-refractivity contribution in [2.75, 3.05) is 14.2 Å². The smallest absolute Gasteiger partial charge is 0.162 e. The maximum Gasteiger partial charge on any atom is 0.162 e. The highest BCUT2D eigenvalue weighted by molar-refractivity contribution is 9.09. The van der Waals surface area contributed by atoms with Gasteiger partial charge < -0.3 is 9.47 Å². The summed E-state index contributed by atoms with van der Waals surface area (Å²) >= 11 is 9.66. The molecule has 0 heterocycles. The third-order valence-corrected chi connectivity index (χ3v) is 4.36. The molecule has 2 aromatic carbocycles. The molecule has 0 bridgehead atoms. The lowest BCUT2D eigenvalue weighted by Crippen LogP contribution is -1.99. The van der Waals surface area contributed by atoms with Gasteiger partial charge in [-0.2, -0.15) is 0 Å². The van der Waals surface area contributed by atoms with Crippen LogP contribution < -0.4 is 9.47 Å². The van der Waals surface area contributed by atoms with Gasteiger partial charge in [0.2, 0.25) is 0 Å². The molecule has 2 rings (SSSR count). The van der Waals surface area contributed by atoms with E-state index in [1.54, 1.807) is 12.1 Å². The van der Waals surface area contributed by atoms with E-state index in [2.05, 4.69) is 15.9 Å². The zero-order valence-electron chi connectivity index (χ0n) is 11.3. The molecule has 0 N–H and O–H groups in total. The molecule has 2 nitrogen and oxygen atoms in total. The summed E-state index contributed by atoms with van der Waals surface area (Å²) in [5.74, 6) is -0.800. The molecule has 6 heteroatoms. The van der Waals surface area contributed by atoms with E-state index in [4.69, 9.17) is 21.1 Å². The minimum atomic E-state index is -0.909. The van der Waals surface area contributed by atoms with Crippen molar-refractivity contribution in [3.63, 3.8) is 0 Å². The van der Waals surface area contributed by atoms with Crippen molar-refractivity contribution >= 4 is 27.5 Å². The predicted octanol–water partition coefficient (Wildman–Crippen LogP) is 5.12. The van der Waals surface area contributed by atoms with Crippen molar-refractivity contribution in [2.24, 2.45) is 0 Å². The largest absolute Gasteiger partial charge is 0.493 e. The molecule has 1 unspecified atom stereocenters. The van der Waals surface area contributed by atoms with Gasteiger partial charge in [-0.15, -0.1) is 0 Å². The van der Waals surface area contributed by atoms with Gasteiger partial charge in [0, 0.05) is 11.1 Å². The Morgan fingerprint density at radius 1 is 1.00 bits per heavy atom. The van der Waals surface area contributed by atoms with E-state index in [1.807, 2.05) is 0 Å². The fourth-order valence-electron chi connectivity index (χ4n) is 1.91. The van der Waals surface area contributed by atoms with E-state index in [1.165, 1.54) is 20.3 Å². The number of rotatable bonds is 4. The molecule has 0 radical (unpaired) electrons. The molecule has 112 valence electrons. The molecule has 0 aromatic heterocycles. The number of hydrogen-bond donors (Lipinski definition) is 0. The molecule has 0 spiro atoms. The SMILES string of the molecule is COc1cc(Cl)c(C(Br)c2ccc(F)c(F)c2)cc1OC. The van der Waals surface area contributed by atoms with Crippen molar-refractivity contribution in [1.29, 1.82) is 0 Å². The third-order valence-electron chi connectivity index (χ3n) is 3.01. The number of halogens is 4. The van der Waals surface area contributed by atoms with Gasteiger partial charge in [0.05, 0.1) is 19.0 Å². The lowest BCUT2D eigenvalue weighted by Gasteiger charge is -2.16. The quantitative estimate of drug-likeness (QED) is 0.689. The number of alkyl halides is 1. The van der Waals surface area contributed by atoms with Crippen LogP contribution in [0, 0.1) is 11.6 Å². The van der Waals surface area contributed by atoms with Crippen molar-refractivity contribution in [3.05, 3.63) is 58.1 Å². The average Bonchev–Trinajstić information content (AvgIpc) is 2.49. The van der Waals surface area contributed by atoms with Gasteiger partial charge in [-0.3, -0.25) is 0 Å². The fraction of sp³-hybridized carbons (Fsp3) is 0.200. The number of ether oxygens (including phenoxy) is 2. The Morgan fingerprint density at radius 2 is 1.62 bits per heavy atom. The summed E-state index contributed by atoms with van der Waals surface area (Å²) in [5, 5.41) is 0.430. The van der Waals surface area contributed by atoms with Crippen LogP contribution in [0.1, 0.15) is 16.0 Å². The number of benzene rings is 2. The lowest BCUT2D eigenvalue weighted by molar-refractivity contribution is 0.354. The predicted molar refractivity (Wildman–Crippen MR) is 81.7 cm³/mol. The molecule has 21 heavy (non-hydrogen) atoms. The van der Waals surface area contributed by atoms with Crippen LogP contribution in [0.4, 0.5) is 8.78 Å². The summed E-state index contributed by atoms with van der Waals surface area (Å²) < 4.78 is 36.7. The van der Waals surface area contributed by atoms with Gasteiger partial charge in [-0.05, 0) is 29.3 Å². The van der Waals surface area contributed by atoms with Crippen LogP contribution in [0.5, 0.6) is 11.5 Å². The standard InChI is InChI=1S/C15H12BrClF2O2/c1-20-13-6-9(10(17)7-14(13)21-2)15(16)8-3-4-11(18)12(19)5-8/h3-7,15H,1-2H3. The van der Waals surface area contributed by atoms with E-state index in [0.29, 0.717) is 27.6 Å². The van der Waals surface area contributed by atoms with Gasteiger partial charge in [0.15, 0.2) is 23.1 Å². The maximum absolute atomic E-state index is 13.3. The number of methoxy groups -OCH3 is 2. The molecule has 0 saturated heterocycles. The van der Waals surface area contributed by atoms with Crippen molar-refractivity contribution < 1.29 is 18.3 Å². The van der Waals surface area contributed by atoms with E-state index < -0.39 is 16.5 Å². The van der Waals surface area contributed by atoms with E-state index in [9.17, 15) is 8.78 Å². The summed E-state index contributed by atoms with van der Waals surface area (Å²) in [6.07, 6.45) is 0. The van der Waals surface area contributed by atoms with Gasteiger partial charge >= 0.3 is 0 Å². The van der Waals surface area contributed by atoms with Gasteiger partial charge in [-0.25, -0.2) is 8.78 Å². The highest BCUT2D eigenvalue weighted by Crippen LogP contribution is 2.41.